The van der Waals surface area contributed by atoms with E-state index in [0.29, 0.717) is 0 Å². The van der Waals surface area contributed by atoms with Crippen molar-refractivity contribution in [2.24, 2.45) is 0 Å². The van der Waals surface area contributed by atoms with Gasteiger partial charge in [-0.1, -0.05) is 11.6 Å². The number of carboxylic acid groups (broad SMARTS) is 1. The predicted octanol–water partition coefficient (Wildman–Crippen LogP) is 1.45. The number of carbonyl (C=O) groups is 1. The van der Waals surface area contributed by atoms with Gasteiger partial charge in [-0.3, -0.25) is 4.79 Å². The van der Waals surface area contributed by atoms with Gasteiger partial charge in [-0.05, 0) is 13.0 Å². The Bertz CT molecular complexity index is 645. The summed E-state index contributed by atoms with van der Waals surface area (Å²) in [5, 5.41) is 9.02. The number of ether oxygens (including phenoxy) is 2. The lowest BCUT2D eigenvalue weighted by Gasteiger charge is -2.22. The normalized spacial score (nSPS) is 13.0. The molecule has 7 nitrogen and oxygen atoms in total. The van der Waals surface area contributed by atoms with Crippen molar-refractivity contribution < 1.29 is 27.8 Å². The smallest absolute Gasteiger partial charge is 0.321 e. The fourth-order valence-electron chi connectivity index (χ4n) is 1.55. The van der Waals surface area contributed by atoms with Gasteiger partial charge in [-0.25, -0.2) is 8.42 Å². The molecule has 1 aromatic carbocycles. The minimum atomic E-state index is -4.09. The number of benzene rings is 1. The average molecular weight is 338 g/mol. The first kappa shape index (κ1) is 17.5. The van der Waals surface area contributed by atoms with Crippen LogP contribution in [0, 0.1) is 0 Å². The summed E-state index contributed by atoms with van der Waals surface area (Å²) in [4.78, 5) is 10.7. The van der Waals surface area contributed by atoms with E-state index in [1.165, 1.54) is 40.3 Å². The van der Waals surface area contributed by atoms with E-state index in [2.05, 4.69) is 0 Å². The minimum absolute atomic E-state index is 0.0145. The Kier molecular flexibility index (Phi) is 5.43. The van der Waals surface area contributed by atoms with Crippen molar-refractivity contribution in [2.45, 2.75) is 17.9 Å². The van der Waals surface area contributed by atoms with Gasteiger partial charge in [0.2, 0.25) is 10.0 Å². The lowest BCUT2D eigenvalue weighted by Crippen LogP contribution is -2.40. The summed E-state index contributed by atoms with van der Waals surface area (Å²) in [5.41, 5.74) is 0. The molecule has 0 saturated carbocycles. The lowest BCUT2D eigenvalue weighted by atomic mass is 10.3. The number of halogens is 1. The Hall–Kier alpha value is -1.51. The van der Waals surface area contributed by atoms with Crippen molar-refractivity contribution in [1.82, 2.24) is 4.31 Å². The van der Waals surface area contributed by atoms with Crippen molar-refractivity contribution in [1.29, 1.82) is 0 Å². The van der Waals surface area contributed by atoms with Crippen molar-refractivity contribution in [3.8, 4) is 11.5 Å². The SMILES string of the molecule is COc1cc(OC)c(S(=O)(=O)N(C)C(C)C(=O)O)cc1Cl. The van der Waals surface area contributed by atoms with Gasteiger partial charge >= 0.3 is 5.97 Å². The summed E-state index contributed by atoms with van der Waals surface area (Å²) in [5.74, 6) is -0.998. The fraction of sp³-hybridized carbons (Fsp3) is 0.417. The van der Waals surface area contributed by atoms with Gasteiger partial charge in [-0.15, -0.1) is 0 Å². The van der Waals surface area contributed by atoms with Gasteiger partial charge in [0.05, 0.1) is 19.2 Å². The summed E-state index contributed by atoms with van der Waals surface area (Å²) in [7, 11) is -0.237. The molecule has 9 heteroatoms. The molecular weight excluding hydrogens is 322 g/mol. The highest BCUT2D eigenvalue weighted by atomic mass is 35.5. The highest BCUT2D eigenvalue weighted by Crippen LogP contribution is 2.36. The average Bonchev–Trinajstić information content (AvgIpc) is 2.44. The van der Waals surface area contributed by atoms with Crippen molar-refractivity contribution in [3.05, 3.63) is 17.2 Å². The third kappa shape index (κ3) is 3.39. The highest BCUT2D eigenvalue weighted by Gasteiger charge is 2.32. The molecule has 1 aromatic rings. The van der Waals surface area contributed by atoms with E-state index in [9.17, 15) is 13.2 Å². The number of carboxylic acids is 1. The van der Waals surface area contributed by atoms with Crippen LogP contribution < -0.4 is 9.47 Å². The molecule has 1 rings (SSSR count). The van der Waals surface area contributed by atoms with Crippen LogP contribution in [0.25, 0.3) is 0 Å². The molecule has 0 spiro atoms. The number of methoxy groups -OCH3 is 2. The number of nitrogens with zero attached hydrogens (tertiary/aromatic N) is 1. The standard InChI is InChI=1S/C12H16ClNO6S/c1-7(12(15)16)14(2)21(17,18)11-5-8(13)9(19-3)6-10(11)20-4/h5-7H,1-4H3,(H,15,16). The van der Waals surface area contributed by atoms with Crippen molar-refractivity contribution >= 4 is 27.6 Å². The van der Waals surface area contributed by atoms with E-state index in [1.807, 2.05) is 0 Å². The van der Waals surface area contributed by atoms with Gasteiger partial charge in [0.1, 0.15) is 22.4 Å². The molecule has 0 aliphatic carbocycles. The molecule has 1 atom stereocenters. The van der Waals surface area contributed by atoms with E-state index in [1.54, 1.807) is 0 Å². The fourth-order valence-corrected chi connectivity index (χ4v) is 3.34. The Balaban J connectivity index is 3.44. The molecule has 0 fully saturated rings. The Morgan fingerprint density at radius 3 is 2.24 bits per heavy atom. The zero-order chi connectivity index (χ0) is 16.4. The second-order valence-electron chi connectivity index (χ2n) is 4.17. The molecule has 0 aromatic heterocycles. The maximum absolute atomic E-state index is 12.5. The zero-order valence-electron chi connectivity index (χ0n) is 12.0. The van der Waals surface area contributed by atoms with E-state index in [4.69, 9.17) is 26.2 Å². The Morgan fingerprint density at radius 2 is 1.81 bits per heavy atom. The maximum Gasteiger partial charge on any atom is 0.321 e. The molecular formula is C12H16ClNO6S. The Morgan fingerprint density at radius 1 is 1.29 bits per heavy atom. The van der Waals surface area contributed by atoms with E-state index < -0.39 is 22.0 Å². The summed E-state index contributed by atoms with van der Waals surface area (Å²) in [6.07, 6.45) is 0. The van der Waals surface area contributed by atoms with E-state index >= 15 is 0 Å². The minimum Gasteiger partial charge on any atom is -0.495 e. The number of rotatable bonds is 6. The van der Waals surface area contributed by atoms with Crippen LogP contribution in [0.4, 0.5) is 0 Å². The number of hydrogen-bond donors (Lipinski definition) is 1. The van der Waals surface area contributed by atoms with Crippen molar-refractivity contribution in [3.63, 3.8) is 0 Å². The largest absolute Gasteiger partial charge is 0.495 e. The van der Waals surface area contributed by atoms with Crippen molar-refractivity contribution in [2.75, 3.05) is 21.3 Å². The third-order valence-corrected chi connectivity index (χ3v) is 5.24. The molecule has 0 heterocycles. The maximum atomic E-state index is 12.5. The monoisotopic (exact) mass is 337 g/mol. The number of likely N-dealkylation sites (N-methyl/N-ethyl adjacent to an activating group) is 1. The number of hydrogen-bond acceptors (Lipinski definition) is 5. The molecule has 0 saturated heterocycles. The summed E-state index contributed by atoms with van der Waals surface area (Å²) in [6, 6.07) is 1.26. The Labute approximate surface area is 128 Å². The van der Waals surface area contributed by atoms with Gasteiger partial charge < -0.3 is 14.6 Å². The molecule has 0 radical (unpaired) electrons. The summed E-state index contributed by atoms with van der Waals surface area (Å²) in [6.45, 7) is 1.26. The topological polar surface area (TPSA) is 93.1 Å². The number of sulfonamides is 1. The first-order valence-electron chi connectivity index (χ1n) is 5.79. The van der Waals surface area contributed by atoms with Crippen LogP contribution in [0.5, 0.6) is 11.5 Å². The summed E-state index contributed by atoms with van der Waals surface area (Å²) < 4.78 is 35.7. The van der Waals surface area contributed by atoms with Crippen LogP contribution in [0.2, 0.25) is 5.02 Å². The van der Waals surface area contributed by atoms with E-state index in [0.717, 1.165) is 4.31 Å². The summed E-state index contributed by atoms with van der Waals surface area (Å²) >= 11 is 5.93. The molecule has 0 bridgehead atoms. The molecule has 1 unspecified atom stereocenters. The number of aliphatic carboxylic acids is 1. The molecule has 1 N–H and O–H groups in total. The van der Waals surface area contributed by atoms with E-state index in [-0.39, 0.29) is 21.4 Å². The molecule has 0 aliphatic rings. The molecule has 118 valence electrons. The third-order valence-electron chi connectivity index (χ3n) is 3.00. The zero-order valence-corrected chi connectivity index (χ0v) is 13.5. The second kappa shape index (κ2) is 6.50. The van der Waals surface area contributed by atoms with Crippen LogP contribution in [-0.2, 0) is 14.8 Å². The first-order valence-corrected chi connectivity index (χ1v) is 7.61. The van der Waals surface area contributed by atoms with Crippen LogP contribution in [-0.4, -0.2) is 51.1 Å². The predicted molar refractivity (Wildman–Crippen MR) is 76.6 cm³/mol. The quantitative estimate of drug-likeness (QED) is 0.844. The van der Waals surface area contributed by atoms with Gasteiger partial charge in [0, 0.05) is 13.1 Å². The molecule has 21 heavy (non-hydrogen) atoms. The molecule has 0 aliphatic heterocycles. The van der Waals surface area contributed by atoms with Gasteiger partial charge in [0.25, 0.3) is 0 Å². The first-order chi connectivity index (χ1) is 9.66. The van der Waals surface area contributed by atoms with Crippen LogP contribution in [0.1, 0.15) is 6.92 Å². The van der Waals surface area contributed by atoms with Crippen LogP contribution >= 0.6 is 11.6 Å². The van der Waals surface area contributed by atoms with Gasteiger partial charge in [-0.2, -0.15) is 4.31 Å². The second-order valence-corrected chi connectivity index (χ2v) is 6.55. The van der Waals surface area contributed by atoms with Crippen LogP contribution in [0.15, 0.2) is 17.0 Å². The van der Waals surface area contributed by atoms with Crippen LogP contribution in [0.3, 0.4) is 0 Å². The van der Waals surface area contributed by atoms with Gasteiger partial charge in [0.15, 0.2) is 0 Å². The molecule has 0 amide bonds. The highest BCUT2D eigenvalue weighted by molar-refractivity contribution is 7.89. The lowest BCUT2D eigenvalue weighted by molar-refractivity contribution is -0.140.